The zero-order chi connectivity index (χ0) is 12.4. The topological polar surface area (TPSA) is 67.6 Å². The molecular formula is C12H11BrN4. The highest BCUT2D eigenvalue weighted by Crippen LogP contribution is 2.18. The smallest absolute Gasteiger partial charge is 0.159 e. The molecule has 0 bridgehead atoms. The van der Waals surface area contributed by atoms with Gasteiger partial charge in [-0.05, 0) is 46.1 Å². The van der Waals surface area contributed by atoms with E-state index in [1.165, 1.54) is 0 Å². The molecule has 2 N–H and O–H groups in total. The van der Waals surface area contributed by atoms with Crippen molar-refractivity contribution in [3.8, 4) is 6.07 Å². The van der Waals surface area contributed by atoms with E-state index < -0.39 is 0 Å². The van der Waals surface area contributed by atoms with E-state index in [9.17, 15) is 0 Å². The van der Waals surface area contributed by atoms with Crippen molar-refractivity contribution in [2.45, 2.75) is 13.5 Å². The molecule has 0 radical (unpaired) electrons. The number of benzene rings is 1. The standard InChI is InChI=1S/C12H11BrN4/c1-8-4-9(5-14)2-3-10(8)6-17-7-11(13)12(15)16-17/h2-4,7H,6H2,1H3,(H2,15,16). The van der Waals surface area contributed by atoms with Crippen LogP contribution in [0.5, 0.6) is 0 Å². The van der Waals surface area contributed by atoms with Crippen LogP contribution in [0.25, 0.3) is 0 Å². The normalized spacial score (nSPS) is 10.2. The first-order valence-electron chi connectivity index (χ1n) is 5.08. The van der Waals surface area contributed by atoms with Gasteiger partial charge in [0.05, 0.1) is 22.7 Å². The molecule has 1 aromatic carbocycles. The first kappa shape index (κ1) is 11.7. The maximum atomic E-state index is 8.79. The van der Waals surface area contributed by atoms with Gasteiger partial charge in [0.15, 0.2) is 5.82 Å². The molecule has 4 nitrogen and oxygen atoms in total. The van der Waals surface area contributed by atoms with Gasteiger partial charge in [0.2, 0.25) is 0 Å². The molecule has 5 heteroatoms. The third-order valence-electron chi connectivity index (χ3n) is 2.55. The number of aryl methyl sites for hydroxylation is 1. The van der Waals surface area contributed by atoms with E-state index >= 15 is 0 Å². The third kappa shape index (κ3) is 2.48. The molecule has 86 valence electrons. The van der Waals surface area contributed by atoms with Crippen LogP contribution in [0.15, 0.2) is 28.9 Å². The Morgan fingerprint density at radius 1 is 1.53 bits per heavy atom. The zero-order valence-corrected chi connectivity index (χ0v) is 10.9. The molecule has 0 saturated heterocycles. The minimum atomic E-state index is 0.483. The summed E-state index contributed by atoms with van der Waals surface area (Å²) in [7, 11) is 0. The van der Waals surface area contributed by atoms with Crippen LogP contribution in [0.2, 0.25) is 0 Å². The molecule has 0 fully saturated rings. The van der Waals surface area contributed by atoms with Gasteiger partial charge in [-0.2, -0.15) is 10.4 Å². The van der Waals surface area contributed by atoms with Crippen LogP contribution < -0.4 is 5.73 Å². The molecule has 17 heavy (non-hydrogen) atoms. The van der Waals surface area contributed by atoms with Crippen LogP contribution in [-0.2, 0) is 6.54 Å². The molecule has 0 spiro atoms. The predicted molar refractivity (Wildman–Crippen MR) is 69.3 cm³/mol. The molecule has 2 aromatic rings. The van der Waals surface area contributed by atoms with Crippen molar-refractivity contribution in [1.29, 1.82) is 5.26 Å². The van der Waals surface area contributed by atoms with Crippen LogP contribution in [0.4, 0.5) is 5.82 Å². The minimum absolute atomic E-state index is 0.483. The summed E-state index contributed by atoms with van der Waals surface area (Å²) < 4.78 is 2.57. The zero-order valence-electron chi connectivity index (χ0n) is 9.31. The van der Waals surface area contributed by atoms with Gasteiger partial charge < -0.3 is 5.73 Å². The fraction of sp³-hybridized carbons (Fsp3) is 0.167. The van der Waals surface area contributed by atoms with Gasteiger partial charge in [-0.25, -0.2) is 0 Å². The third-order valence-corrected chi connectivity index (χ3v) is 3.16. The molecule has 0 unspecified atom stereocenters. The van der Waals surface area contributed by atoms with Crippen molar-refractivity contribution >= 4 is 21.7 Å². The number of nitrogens with zero attached hydrogens (tertiary/aromatic N) is 3. The molecule has 0 aliphatic rings. The van der Waals surface area contributed by atoms with Crippen molar-refractivity contribution in [1.82, 2.24) is 9.78 Å². The first-order valence-corrected chi connectivity index (χ1v) is 5.87. The molecule has 0 atom stereocenters. The van der Waals surface area contributed by atoms with Crippen molar-refractivity contribution in [3.63, 3.8) is 0 Å². The monoisotopic (exact) mass is 290 g/mol. The Hall–Kier alpha value is -1.80. The highest BCUT2D eigenvalue weighted by atomic mass is 79.9. The van der Waals surface area contributed by atoms with Gasteiger partial charge in [-0.3, -0.25) is 4.68 Å². The number of anilines is 1. The Bertz CT molecular complexity index is 576. The summed E-state index contributed by atoms with van der Waals surface area (Å²) in [5.41, 5.74) is 8.53. The van der Waals surface area contributed by atoms with E-state index in [1.807, 2.05) is 31.3 Å². The second-order valence-electron chi connectivity index (χ2n) is 3.81. The van der Waals surface area contributed by atoms with Crippen LogP contribution in [0.1, 0.15) is 16.7 Å². The van der Waals surface area contributed by atoms with Crippen molar-refractivity contribution < 1.29 is 0 Å². The molecule has 2 rings (SSSR count). The molecule has 0 saturated carbocycles. The molecule has 1 aromatic heterocycles. The van der Waals surface area contributed by atoms with Crippen molar-refractivity contribution in [2.75, 3.05) is 5.73 Å². The number of halogens is 1. The van der Waals surface area contributed by atoms with Gasteiger partial charge in [0, 0.05) is 6.20 Å². The Morgan fingerprint density at radius 3 is 2.82 bits per heavy atom. The Kier molecular flexibility index (Phi) is 3.16. The molecule has 0 amide bonds. The Balaban J connectivity index is 2.28. The van der Waals surface area contributed by atoms with Crippen LogP contribution in [0, 0.1) is 18.3 Å². The van der Waals surface area contributed by atoms with Gasteiger partial charge in [0.1, 0.15) is 0 Å². The minimum Gasteiger partial charge on any atom is -0.381 e. The van der Waals surface area contributed by atoms with Crippen LogP contribution in [-0.4, -0.2) is 9.78 Å². The Labute approximate surface area is 108 Å². The summed E-state index contributed by atoms with van der Waals surface area (Å²) in [4.78, 5) is 0. The molecule has 0 aliphatic heterocycles. The first-order chi connectivity index (χ1) is 8.10. The highest BCUT2D eigenvalue weighted by molar-refractivity contribution is 9.10. The lowest BCUT2D eigenvalue weighted by atomic mass is 10.1. The van der Waals surface area contributed by atoms with Crippen molar-refractivity contribution in [3.05, 3.63) is 45.6 Å². The van der Waals surface area contributed by atoms with Gasteiger partial charge >= 0.3 is 0 Å². The van der Waals surface area contributed by atoms with E-state index in [2.05, 4.69) is 27.1 Å². The number of hydrogen-bond acceptors (Lipinski definition) is 3. The summed E-state index contributed by atoms with van der Waals surface area (Å²) in [6.45, 7) is 2.63. The number of nitriles is 1. The number of aromatic nitrogens is 2. The fourth-order valence-electron chi connectivity index (χ4n) is 1.61. The second kappa shape index (κ2) is 4.60. The lowest BCUT2D eigenvalue weighted by Crippen LogP contribution is -2.03. The predicted octanol–water partition coefficient (Wildman–Crippen LogP) is 2.46. The summed E-state index contributed by atoms with van der Waals surface area (Å²) in [5.74, 6) is 0.483. The van der Waals surface area contributed by atoms with Crippen LogP contribution >= 0.6 is 15.9 Å². The lowest BCUT2D eigenvalue weighted by molar-refractivity contribution is 0.687. The fourth-order valence-corrected chi connectivity index (χ4v) is 1.93. The summed E-state index contributed by atoms with van der Waals surface area (Å²) in [6.07, 6.45) is 1.84. The maximum Gasteiger partial charge on any atom is 0.159 e. The number of rotatable bonds is 2. The highest BCUT2D eigenvalue weighted by Gasteiger charge is 2.05. The van der Waals surface area contributed by atoms with E-state index in [4.69, 9.17) is 11.0 Å². The van der Waals surface area contributed by atoms with E-state index in [0.29, 0.717) is 17.9 Å². The van der Waals surface area contributed by atoms with Gasteiger partial charge in [0.25, 0.3) is 0 Å². The quantitative estimate of drug-likeness (QED) is 0.924. The molecule has 0 aliphatic carbocycles. The van der Waals surface area contributed by atoms with Crippen molar-refractivity contribution in [2.24, 2.45) is 0 Å². The van der Waals surface area contributed by atoms with Gasteiger partial charge in [-0.15, -0.1) is 0 Å². The van der Waals surface area contributed by atoms with E-state index in [1.54, 1.807) is 4.68 Å². The summed E-state index contributed by atoms with van der Waals surface area (Å²) >= 11 is 3.32. The number of nitrogens with two attached hydrogens (primary N) is 1. The second-order valence-corrected chi connectivity index (χ2v) is 4.67. The molecular weight excluding hydrogens is 280 g/mol. The molecule has 1 heterocycles. The average molecular weight is 291 g/mol. The summed E-state index contributed by atoms with van der Waals surface area (Å²) in [6, 6.07) is 7.75. The summed E-state index contributed by atoms with van der Waals surface area (Å²) in [5, 5.41) is 13.0. The SMILES string of the molecule is Cc1cc(C#N)ccc1Cn1cc(Br)c(N)n1. The van der Waals surface area contributed by atoms with Crippen LogP contribution in [0.3, 0.4) is 0 Å². The van der Waals surface area contributed by atoms with E-state index in [-0.39, 0.29) is 0 Å². The Morgan fingerprint density at radius 2 is 2.29 bits per heavy atom. The number of hydrogen-bond donors (Lipinski definition) is 1. The lowest BCUT2D eigenvalue weighted by Gasteiger charge is -2.06. The average Bonchev–Trinajstić information content (AvgIpc) is 2.61. The van der Waals surface area contributed by atoms with Gasteiger partial charge in [-0.1, -0.05) is 6.07 Å². The van der Waals surface area contributed by atoms with E-state index in [0.717, 1.165) is 15.6 Å². The number of nitrogen functional groups attached to an aromatic ring is 1. The maximum absolute atomic E-state index is 8.79. The largest absolute Gasteiger partial charge is 0.381 e.